The number of rotatable bonds is 5. The normalized spacial score (nSPS) is 11.6. The molecule has 1 rings (SSSR count). The van der Waals surface area contributed by atoms with Gasteiger partial charge < -0.3 is 10.5 Å². The summed E-state index contributed by atoms with van der Waals surface area (Å²) in [5.74, 6) is -0.322. The predicted molar refractivity (Wildman–Crippen MR) is 74.5 cm³/mol. The minimum absolute atomic E-state index is 0.0346. The molecule has 1 aromatic carbocycles. The highest BCUT2D eigenvalue weighted by Gasteiger charge is 2.21. The number of anilines is 1. The number of para-hydroxylation sites is 1. The van der Waals surface area contributed by atoms with Crippen LogP contribution < -0.4 is 5.73 Å². The Bertz CT molecular complexity index is 570. The molecule has 0 fully saturated rings. The number of thioether (sulfide) groups is 1. The topological polar surface area (TPSA) is 89.7 Å². The van der Waals surface area contributed by atoms with Gasteiger partial charge in [0.1, 0.15) is 4.90 Å². The molecule has 0 aliphatic rings. The summed E-state index contributed by atoms with van der Waals surface area (Å²) in [5.41, 5.74) is 6.00. The van der Waals surface area contributed by atoms with E-state index in [1.54, 1.807) is 12.1 Å². The number of carbonyl (C=O) groups is 1. The molecule has 106 valence electrons. The molecule has 0 aromatic heterocycles. The van der Waals surface area contributed by atoms with Gasteiger partial charge in [-0.25, -0.2) is 12.7 Å². The van der Waals surface area contributed by atoms with Crippen molar-refractivity contribution in [2.75, 3.05) is 32.7 Å². The van der Waals surface area contributed by atoms with E-state index in [2.05, 4.69) is 4.74 Å². The first kappa shape index (κ1) is 15.8. The Labute approximate surface area is 117 Å². The Kier molecular flexibility index (Phi) is 5.21. The maximum absolute atomic E-state index is 12.0. The summed E-state index contributed by atoms with van der Waals surface area (Å²) in [6.07, 6.45) is 0. The summed E-state index contributed by atoms with van der Waals surface area (Å²) in [6, 6.07) is 4.69. The van der Waals surface area contributed by atoms with Crippen LogP contribution in [-0.4, -0.2) is 45.7 Å². The van der Waals surface area contributed by atoms with Crippen LogP contribution in [0.15, 0.2) is 28.0 Å². The molecule has 1 aromatic rings. The third kappa shape index (κ3) is 3.62. The molecule has 6 nitrogen and oxygen atoms in total. The lowest BCUT2D eigenvalue weighted by Gasteiger charge is -2.15. The number of carbonyl (C=O) groups excluding carboxylic acids is 1. The highest BCUT2D eigenvalue weighted by atomic mass is 32.2. The zero-order valence-corrected chi connectivity index (χ0v) is 12.5. The zero-order valence-electron chi connectivity index (χ0n) is 10.9. The monoisotopic (exact) mass is 304 g/mol. The maximum atomic E-state index is 12.0. The number of benzene rings is 1. The van der Waals surface area contributed by atoms with E-state index in [9.17, 15) is 13.2 Å². The molecule has 0 heterocycles. The maximum Gasteiger partial charge on any atom is 0.315 e. The molecular formula is C11H16N2O4S2. The van der Waals surface area contributed by atoms with E-state index in [-0.39, 0.29) is 16.3 Å². The van der Waals surface area contributed by atoms with Gasteiger partial charge in [0.15, 0.2) is 0 Å². The molecule has 19 heavy (non-hydrogen) atoms. The van der Waals surface area contributed by atoms with Gasteiger partial charge in [0.25, 0.3) is 0 Å². The number of esters is 1. The van der Waals surface area contributed by atoms with Gasteiger partial charge in [0.05, 0.1) is 18.6 Å². The summed E-state index contributed by atoms with van der Waals surface area (Å²) in [5, 5.41) is 0. The summed E-state index contributed by atoms with van der Waals surface area (Å²) in [7, 11) is 0.563. The van der Waals surface area contributed by atoms with Crippen LogP contribution in [0.4, 0.5) is 5.69 Å². The second kappa shape index (κ2) is 6.27. The Morgan fingerprint density at radius 2 is 2.05 bits per heavy atom. The van der Waals surface area contributed by atoms with Crippen LogP contribution >= 0.6 is 11.8 Å². The number of nitrogens with zero attached hydrogens (tertiary/aromatic N) is 1. The van der Waals surface area contributed by atoms with Gasteiger partial charge in [0.2, 0.25) is 10.0 Å². The Balaban J connectivity index is 3.09. The Morgan fingerprint density at radius 3 is 2.58 bits per heavy atom. The van der Waals surface area contributed by atoms with E-state index in [0.717, 1.165) is 16.1 Å². The van der Waals surface area contributed by atoms with E-state index in [1.807, 2.05) is 0 Å². The molecule has 0 amide bonds. The van der Waals surface area contributed by atoms with E-state index < -0.39 is 16.0 Å². The third-order valence-electron chi connectivity index (χ3n) is 2.36. The lowest BCUT2D eigenvalue weighted by Crippen LogP contribution is -2.23. The molecule has 0 bridgehead atoms. The SMILES string of the molecule is COC(=O)CSc1cccc(S(=O)(=O)N(C)C)c1N. The van der Waals surface area contributed by atoms with Crippen LogP contribution in [-0.2, 0) is 19.6 Å². The fraction of sp³-hybridized carbons (Fsp3) is 0.364. The van der Waals surface area contributed by atoms with E-state index in [4.69, 9.17) is 5.73 Å². The van der Waals surface area contributed by atoms with E-state index in [1.165, 1.54) is 27.3 Å². The summed E-state index contributed by atoms with van der Waals surface area (Å²) in [6.45, 7) is 0. The van der Waals surface area contributed by atoms with Gasteiger partial charge in [-0.2, -0.15) is 0 Å². The van der Waals surface area contributed by atoms with Gasteiger partial charge in [-0.05, 0) is 12.1 Å². The fourth-order valence-corrected chi connectivity index (χ4v) is 3.19. The molecular weight excluding hydrogens is 288 g/mol. The van der Waals surface area contributed by atoms with Crippen LogP contribution in [0.2, 0.25) is 0 Å². The van der Waals surface area contributed by atoms with E-state index in [0.29, 0.717) is 4.90 Å². The van der Waals surface area contributed by atoms with Crippen LogP contribution in [0.3, 0.4) is 0 Å². The van der Waals surface area contributed by atoms with Crippen molar-refractivity contribution in [3.63, 3.8) is 0 Å². The first-order valence-electron chi connectivity index (χ1n) is 5.31. The Morgan fingerprint density at radius 1 is 1.42 bits per heavy atom. The smallest absolute Gasteiger partial charge is 0.315 e. The largest absolute Gasteiger partial charge is 0.468 e. The number of nitrogens with two attached hydrogens (primary N) is 1. The molecule has 8 heteroatoms. The number of sulfonamides is 1. The third-order valence-corrected chi connectivity index (χ3v) is 5.28. The van der Waals surface area contributed by atoms with Crippen molar-refractivity contribution >= 4 is 33.4 Å². The first-order chi connectivity index (χ1) is 8.80. The van der Waals surface area contributed by atoms with Crippen molar-refractivity contribution in [1.29, 1.82) is 0 Å². The molecule has 2 N–H and O–H groups in total. The van der Waals surface area contributed by atoms with Crippen LogP contribution in [0.25, 0.3) is 0 Å². The van der Waals surface area contributed by atoms with Gasteiger partial charge in [0, 0.05) is 19.0 Å². The highest BCUT2D eigenvalue weighted by Crippen LogP contribution is 2.31. The van der Waals surface area contributed by atoms with Gasteiger partial charge >= 0.3 is 5.97 Å². The minimum atomic E-state index is -3.60. The van der Waals surface area contributed by atoms with Crippen molar-refractivity contribution in [2.45, 2.75) is 9.79 Å². The predicted octanol–water partition coefficient (Wildman–Crippen LogP) is 0.784. The molecule has 0 unspecified atom stereocenters. The zero-order chi connectivity index (χ0) is 14.6. The van der Waals surface area contributed by atoms with Crippen molar-refractivity contribution in [3.8, 4) is 0 Å². The lowest BCUT2D eigenvalue weighted by atomic mass is 10.3. The second-order valence-corrected chi connectivity index (χ2v) is 6.96. The molecule has 0 radical (unpaired) electrons. The molecule has 0 spiro atoms. The quantitative estimate of drug-likeness (QED) is 0.491. The van der Waals surface area contributed by atoms with Crippen LogP contribution in [0.5, 0.6) is 0 Å². The molecule has 0 aliphatic heterocycles. The average Bonchev–Trinajstić information content (AvgIpc) is 2.36. The van der Waals surface area contributed by atoms with E-state index >= 15 is 0 Å². The van der Waals surface area contributed by atoms with Crippen LogP contribution in [0, 0.1) is 0 Å². The number of methoxy groups -OCH3 is 1. The number of hydrogen-bond donors (Lipinski definition) is 1. The average molecular weight is 304 g/mol. The Hall–Kier alpha value is -1.25. The second-order valence-electron chi connectivity index (χ2n) is 3.82. The van der Waals surface area contributed by atoms with Gasteiger partial charge in [-0.1, -0.05) is 6.07 Å². The van der Waals surface area contributed by atoms with Gasteiger partial charge in [-0.15, -0.1) is 11.8 Å². The highest BCUT2D eigenvalue weighted by molar-refractivity contribution is 8.00. The van der Waals surface area contributed by atoms with Crippen molar-refractivity contribution in [2.24, 2.45) is 0 Å². The fourth-order valence-electron chi connectivity index (χ4n) is 1.27. The van der Waals surface area contributed by atoms with Crippen molar-refractivity contribution < 1.29 is 17.9 Å². The van der Waals surface area contributed by atoms with Crippen molar-refractivity contribution in [1.82, 2.24) is 4.31 Å². The minimum Gasteiger partial charge on any atom is -0.468 e. The standard InChI is InChI=1S/C11H16N2O4S2/c1-13(2)19(15,16)9-6-4-5-8(11(9)12)18-7-10(14)17-3/h4-6H,7,12H2,1-3H3. The summed E-state index contributed by atoms with van der Waals surface area (Å²) >= 11 is 1.14. The number of nitrogen functional groups attached to an aromatic ring is 1. The number of hydrogen-bond acceptors (Lipinski definition) is 6. The summed E-state index contributed by atoms with van der Waals surface area (Å²) in [4.78, 5) is 11.6. The van der Waals surface area contributed by atoms with Crippen molar-refractivity contribution in [3.05, 3.63) is 18.2 Å². The van der Waals surface area contributed by atoms with Gasteiger partial charge in [-0.3, -0.25) is 4.79 Å². The lowest BCUT2D eigenvalue weighted by molar-refractivity contribution is -0.137. The van der Waals surface area contributed by atoms with Crippen LogP contribution in [0.1, 0.15) is 0 Å². The molecule has 0 saturated carbocycles. The molecule has 0 saturated heterocycles. The number of ether oxygens (including phenoxy) is 1. The summed E-state index contributed by atoms with van der Waals surface area (Å²) < 4.78 is 29.7. The first-order valence-corrected chi connectivity index (χ1v) is 7.74. The molecule has 0 atom stereocenters. The molecule has 0 aliphatic carbocycles.